The van der Waals surface area contributed by atoms with Crippen molar-refractivity contribution in [1.29, 1.82) is 0 Å². The molecule has 3 aromatic rings. The van der Waals surface area contributed by atoms with Gasteiger partial charge in [-0.15, -0.1) is 0 Å². The van der Waals surface area contributed by atoms with Crippen LogP contribution in [0, 0.1) is 13.8 Å². The number of aromatic nitrogens is 2. The first-order chi connectivity index (χ1) is 16.7. The molecule has 0 saturated heterocycles. The smallest absolute Gasteiger partial charge is 0.248 e. The summed E-state index contributed by atoms with van der Waals surface area (Å²) in [4.78, 5) is 25.6. The van der Waals surface area contributed by atoms with E-state index >= 15 is 0 Å². The Balaban J connectivity index is 1.38. The van der Waals surface area contributed by atoms with Crippen molar-refractivity contribution in [3.63, 3.8) is 0 Å². The van der Waals surface area contributed by atoms with Gasteiger partial charge in [0.25, 0.3) is 0 Å². The summed E-state index contributed by atoms with van der Waals surface area (Å²) in [5.41, 5.74) is 5.32. The molecule has 4 rings (SSSR count). The van der Waals surface area contributed by atoms with Gasteiger partial charge in [-0.2, -0.15) is 5.10 Å². The third-order valence-corrected chi connectivity index (χ3v) is 6.83. The van der Waals surface area contributed by atoms with Crippen LogP contribution in [0.3, 0.4) is 0 Å². The van der Waals surface area contributed by atoms with Crippen molar-refractivity contribution in [2.24, 2.45) is 0 Å². The summed E-state index contributed by atoms with van der Waals surface area (Å²) in [7, 11) is 1.67. The molecule has 0 fully saturated rings. The maximum absolute atomic E-state index is 12.8. The van der Waals surface area contributed by atoms with E-state index in [0.29, 0.717) is 22.8 Å². The van der Waals surface area contributed by atoms with Crippen molar-refractivity contribution in [2.75, 3.05) is 17.7 Å². The lowest BCUT2D eigenvalue weighted by Crippen LogP contribution is -2.25. The molecular weight excluding hydrogens is 464 g/mol. The van der Waals surface area contributed by atoms with E-state index in [2.05, 4.69) is 27.9 Å². The molecule has 2 aromatic carbocycles. The van der Waals surface area contributed by atoms with Crippen LogP contribution >= 0.6 is 11.6 Å². The largest absolute Gasteiger partial charge is 0.497 e. The SMILES string of the molecule is COc1ccc2c(c1)CCC[C@@H]2CC(=O)Nc1ccc(NC(=O)[C@H](C)n2nc(C)cc2C)c(Cl)c1. The van der Waals surface area contributed by atoms with Crippen LogP contribution in [0.4, 0.5) is 11.4 Å². The monoisotopic (exact) mass is 494 g/mol. The maximum atomic E-state index is 12.8. The molecule has 0 unspecified atom stereocenters. The number of rotatable bonds is 7. The Hall–Kier alpha value is -3.32. The van der Waals surface area contributed by atoms with Gasteiger partial charge in [0, 0.05) is 17.8 Å². The van der Waals surface area contributed by atoms with Crippen LogP contribution in [0.2, 0.25) is 5.02 Å². The van der Waals surface area contributed by atoms with Gasteiger partial charge in [-0.1, -0.05) is 17.7 Å². The first-order valence-corrected chi connectivity index (χ1v) is 12.2. The molecule has 184 valence electrons. The first-order valence-electron chi connectivity index (χ1n) is 11.8. The van der Waals surface area contributed by atoms with Gasteiger partial charge in [-0.05, 0) is 93.5 Å². The number of carbonyl (C=O) groups excluding carboxylic acids is 2. The van der Waals surface area contributed by atoms with E-state index in [4.69, 9.17) is 16.3 Å². The zero-order valence-electron chi connectivity index (χ0n) is 20.5. The second kappa shape index (κ2) is 10.5. The lowest BCUT2D eigenvalue weighted by Gasteiger charge is -2.25. The number of methoxy groups -OCH3 is 1. The molecule has 35 heavy (non-hydrogen) atoms. The number of benzene rings is 2. The number of nitrogens with one attached hydrogen (secondary N) is 2. The topological polar surface area (TPSA) is 85.3 Å². The van der Waals surface area contributed by atoms with Crippen LogP contribution in [0.15, 0.2) is 42.5 Å². The number of hydrogen-bond acceptors (Lipinski definition) is 4. The molecular formula is C27H31ClN4O3. The highest BCUT2D eigenvalue weighted by atomic mass is 35.5. The average molecular weight is 495 g/mol. The predicted molar refractivity (Wildman–Crippen MR) is 138 cm³/mol. The van der Waals surface area contributed by atoms with Crippen LogP contribution in [-0.4, -0.2) is 28.7 Å². The third kappa shape index (κ3) is 5.68. The van der Waals surface area contributed by atoms with E-state index in [1.165, 1.54) is 11.1 Å². The van der Waals surface area contributed by atoms with Gasteiger partial charge in [0.1, 0.15) is 11.8 Å². The summed E-state index contributed by atoms with van der Waals surface area (Å²) in [6.45, 7) is 5.59. The van der Waals surface area contributed by atoms with Crippen molar-refractivity contribution in [3.05, 3.63) is 70.0 Å². The first kappa shape index (κ1) is 24.8. The number of carbonyl (C=O) groups is 2. The Kier molecular flexibility index (Phi) is 7.45. The molecule has 2 amide bonds. The van der Waals surface area contributed by atoms with E-state index in [-0.39, 0.29) is 17.7 Å². The second-order valence-corrected chi connectivity index (χ2v) is 9.54. The summed E-state index contributed by atoms with van der Waals surface area (Å²) in [6.07, 6.45) is 3.43. The molecule has 1 aliphatic carbocycles. The summed E-state index contributed by atoms with van der Waals surface area (Å²) in [5, 5.41) is 10.5. The van der Waals surface area contributed by atoms with E-state index < -0.39 is 6.04 Å². The van der Waals surface area contributed by atoms with Gasteiger partial charge in [-0.3, -0.25) is 14.3 Å². The highest BCUT2D eigenvalue weighted by molar-refractivity contribution is 6.34. The highest BCUT2D eigenvalue weighted by Gasteiger charge is 2.24. The van der Waals surface area contributed by atoms with Gasteiger partial charge >= 0.3 is 0 Å². The average Bonchev–Trinajstić information content (AvgIpc) is 3.17. The fourth-order valence-electron chi connectivity index (χ4n) is 4.75. The zero-order chi connectivity index (χ0) is 25.1. The number of hydrogen-bond donors (Lipinski definition) is 2. The minimum atomic E-state index is -0.488. The van der Waals surface area contributed by atoms with Crippen molar-refractivity contribution in [1.82, 2.24) is 9.78 Å². The normalized spacial score (nSPS) is 15.7. The number of aryl methyl sites for hydroxylation is 3. The number of ether oxygens (including phenoxy) is 1. The van der Waals surface area contributed by atoms with Crippen molar-refractivity contribution >= 4 is 34.8 Å². The Bertz CT molecular complexity index is 1250. The van der Waals surface area contributed by atoms with Crippen molar-refractivity contribution in [3.8, 4) is 5.75 Å². The lowest BCUT2D eigenvalue weighted by atomic mass is 9.81. The molecule has 2 atom stereocenters. The fraction of sp³-hybridized carbons (Fsp3) is 0.370. The van der Waals surface area contributed by atoms with Gasteiger partial charge < -0.3 is 15.4 Å². The van der Waals surface area contributed by atoms with E-state index in [0.717, 1.165) is 36.4 Å². The van der Waals surface area contributed by atoms with Crippen LogP contribution in [0.25, 0.3) is 0 Å². The molecule has 2 N–H and O–H groups in total. The second-order valence-electron chi connectivity index (χ2n) is 9.14. The Morgan fingerprint density at radius 1 is 1.17 bits per heavy atom. The fourth-order valence-corrected chi connectivity index (χ4v) is 4.97. The quantitative estimate of drug-likeness (QED) is 0.434. The van der Waals surface area contributed by atoms with Crippen LogP contribution in [-0.2, 0) is 16.0 Å². The third-order valence-electron chi connectivity index (χ3n) is 6.52. The Morgan fingerprint density at radius 3 is 2.66 bits per heavy atom. The predicted octanol–water partition coefficient (Wildman–Crippen LogP) is 5.81. The minimum Gasteiger partial charge on any atom is -0.497 e. The number of fused-ring (bicyclic) bond motifs is 1. The Labute approximate surface area is 210 Å². The number of anilines is 2. The summed E-state index contributed by atoms with van der Waals surface area (Å²) in [5.74, 6) is 0.738. The highest BCUT2D eigenvalue weighted by Crippen LogP contribution is 2.36. The van der Waals surface area contributed by atoms with Crippen LogP contribution in [0.5, 0.6) is 5.75 Å². The number of halogens is 1. The molecule has 0 aliphatic heterocycles. The molecule has 8 heteroatoms. The van der Waals surface area contributed by atoms with Crippen molar-refractivity contribution in [2.45, 2.75) is 58.4 Å². The molecule has 0 radical (unpaired) electrons. The summed E-state index contributed by atoms with van der Waals surface area (Å²) >= 11 is 6.43. The summed E-state index contributed by atoms with van der Waals surface area (Å²) in [6, 6.07) is 12.6. The van der Waals surface area contributed by atoms with Gasteiger partial charge in [0.05, 0.1) is 23.5 Å². The van der Waals surface area contributed by atoms with E-state index in [9.17, 15) is 9.59 Å². The van der Waals surface area contributed by atoms with Crippen LogP contribution in [0.1, 0.15) is 60.7 Å². The van der Waals surface area contributed by atoms with Crippen LogP contribution < -0.4 is 15.4 Å². The Morgan fingerprint density at radius 2 is 1.97 bits per heavy atom. The number of amides is 2. The molecule has 0 spiro atoms. The maximum Gasteiger partial charge on any atom is 0.248 e. The molecule has 0 saturated carbocycles. The standard InChI is InChI=1S/C27H31ClN4O3/c1-16-12-17(2)32(31-16)18(3)27(34)30-25-11-8-21(15-24(25)28)29-26(33)14-20-7-5-6-19-13-22(35-4)9-10-23(19)20/h8-13,15,18,20H,5-7,14H2,1-4H3,(H,29,33)(H,30,34)/t18-,20+/m0/s1. The molecule has 1 heterocycles. The lowest BCUT2D eigenvalue weighted by molar-refractivity contribution is -0.119. The van der Waals surface area contributed by atoms with Gasteiger partial charge in [0.2, 0.25) is 11.8 Å². The van der Waals surface area contributed by atoms with Gasteiger partial charge in [-0.25, -0.2) is 0 Å². The summed E-state index contributed by atoms with van der Waals surface area (Å²) < 4.78 is 7.03. The molecule has 0 bridgehead atoms. The zero-order valence-corrected chi connectivity index (χ0v) is 21.3. The van der Waals surface area contributed by atoms with E-state index in [1.807, 2.05) is 26.0 Å². The van der Waals surface area contributed by atoms with Gasteiger partial charge in [0.15, 0.2) is 0 Å². The molecule has 1 aromatic heterocycles. The molecule has 7 nitrogen and oxygen atoms in total. The number of nitrogens with zero attached hydrogens (tertiary/aromatic N) is 2. The minimum absolute atomic E-state index is 0.0651. The molecule has 1 aliphatic rings. The van der Waals surface area contributed by atoms with E-state index in [1.54, 1.807) is 36.9 Å². The van der Waals surface area contributed by atoms with Crippen molar-refractivity contribution < 1.29 is 14.3 Å².